The monoisotopic (exact) mass is 397 g/mol. The molecule has 1 aliphatic carbocycles. The number of amides is 1. The SMILES string of the molecule is COc1ccc(C(=O)NC[C@H]2CC[C@@H](Nc3ncc(C)c(N(C)C)n3)CC2)cc1. The molecule has 0 atom stereocenters. The fourth-order valence-electron chi connectivity index (χ4n) is 3.73. The predicted molar refractivity (Wildman–Crippen MR) is 116 cm³/mol. The van der Waals surface area contributed by atoms with E-state index in [9.17, 15) is 4.79 Å². The van der Waals surface area contributed by atoms with E-state index in [-0.39, 0.29) is 5.91 Å². The number of hydrogen-bond donors (Lipinski definition) is 2. The summed E-state index contributed by atoms with van der Waals surface area (Å²) in [5.74, 6) is 2.86. The molecule has 3 rings (SSSR count). The van der Waals surface area contributed by atoms with Gasteiger partial charge in [-0.1, -0.05) is 0 Å². The fourth-order valence-corrected chi connectivity index (χ4v) is 3.73. The van der Waals surface area contributed by atoms with Gasteiger partial charge in [-0.15, -0.1) is 0 Å². The Labute approximate surface area is 172 Å². The van der Waals surface area contributed by atoms with E-state index in [2.05, 4.69) is 20.6 Å². The Kier molecular flexibility index (Phi) is 6.90. The van der Waals surface area contributed by atoms with Crippen LogP contribution in [0.4, 0.5) is 11.8 Å². The summed E-state index contributed by atoms with van der Waals surface area (Å²) in [5, 5.41) is 6.54. The summed E-state index contributed by atoms with van der Waals surface area (Å²) in [6, 6.07) is 7.57. The van der Waals surface area contributed by atoms with Crippen LogP contribution in [0.2, 0.25) is 0 Å². The molecule has 1 aromatic heterocycles. The summed E-state index contributed by atoms with van der Waals surface area (Å²) in [6.07, 6.45) is 6.13. The van der Waals surface area contributed by atoms with Crippen molar-refractivity contribution in [2.75, 3.05) is 38.0 Å². The summed E-state index contributed by atoms with van der Waals surface area (Å²) < 4.78 is 5.13. The lowest BCUT2D eigenvalue weighted by molar-refractivity contribution is 0.0943. The van der Waals surface area contributed by atoms with Crippen molar-refractivity contribution in [3.63, 3.8) is 0 Å². The number of benzene rings is 1. The normalized spacial score (nSPS) is 18.8. The first-order valence-corrected chi connectivity index (χ1v) is 10.2. The number of nitrogens with zero attached hydrogens (tertiary/aromatic N) is 3. The number of aryl methyl sites for hydroxylation is 1. The van der Waals surface area contributed by atoms with Crippen molar-refractivity contribution in [3.05, 3.63) is 41.6 Å². The Morgan fingerprint density at radius 3 is 2.48 bits per heavy atom. The zero-order valence-electron chi connectivity index (χ0n) is 17.7. The lowest BCUT2D eigenvalue weighted by atomic mass is 9.86. The number of methoxy groups -OCH3 is 1. The minimum Gasteiger partial charge on any atom is -0.497 e. The van der Waals surface area contributed by atoms with Crippen LogP contribution < -0.4 is 20.3 Å². The molecule has 0 radical (unpaired) electrons. The number of carbonyl (C=O) groups excluding carboxylic acids is 1. The molecule has 1 heterocycles. The van der Waals surface area contributed by atoms with Gasteiger partial charge in [0.15, 0.2) is 0 Å². The van der Waals surface area contributed by atoms with E-state index in [0.29, 0.717) is 30.0 Å². The van der Waals surface area contributed by atoms with Crippen molar-refractivity contribution in [1.29, 1.82) is 0 Å². The van der Waals surface area contributed by atoms with Crippen LogP contribution >= 0.6 is 0 Å². The van der Waals surface area contributed by atoms with Gasteiger partial charge in [-0.25, -0.2) is 4.98 Å². The molecule has 0 spiro atoms. The Bertz CT molecular complexity index is 814. The molecular weight excluding hydrogens is 366 g/mol. The van der Waals surface area contributed by atoms with Gasteiger partial charge in [0.25, 0.3) is 5.91 Å². The van der Waals surface area contributed by atoms with Gasteiger partial charge in [-0.2, -0.15) is 4.98 Å². The maximum absolute atomic E-state index is 12.3. The summed E-state index contributed by atoms with van der Waals surface area (Å²) in [5.41, 5.74) is 1.73. The first-order valence-electron chi connectivity index (χ1n) is 10.2. The van der Waals surface area contributed by atoms with Gasteiger partial charge >= 0.3 is 0 Å². The molecule has 1 aromatic carbocycles. The van der Waals surface area contributed by atoms with Crippen molar-refractivity contribution >= 4 is 17.7 Å². The van der Waals surface area contributed by atoms with Crippen molar-refractivity contribution in [2.45, 2.75) is 38.6 Å². The molecular formula is C22H31N5O2. The van der Waals surface area contributed by atoms with Gasteiger partial charge in [0.05, 0.1) is 7.11 Å². The Morgan fingerprint density at radius 1 is 1.17 bits per heavy atom. The fraction of sp³-hybridized carbons (Fsp3) is 0.500. The van der Waals surface area contributed by atoms with Gasteiger partial charge in [0.1, 0.15) is 11.6 Å². The van der Waals surface area contributed by atoms with Crippen LogP contribution in [0.1, 0.15) is 41.6 Å². The number of hydrogen-bond acceptors (Lipinski definition) is 6. The van der Waals surface area contributed by atoms with Crippen LogP contribution in [-0.4, -0.2) is 49.7 Å². The molecule has 1 amide bonds. The standard InChI is InChI=1S/C22H31N5O2/c1-15-13-24-22(26-20(15)27(2)3)25-18-9-5-16(6-10-18)14-23-21(28)17-7-11-19(29-4)12-8-17/h7-8,11-13,16,18H,5-6,9-10,14H2,1-4H3,(H,23,28)(H,24,25,26)/t16-,18+. The molecule has 2 aromatic rings. The third-order valence-corrected chi connectivity index (χ3v) is 5.45. The van der Waals surface area contributed by atoms with Crippen LogP contribution in [0.25, 0.3) is 0 Å². The zero-order valence-corrected chi connectivity index (χ0v) is 17.7. The highest BCUT2D eigenvalue weighted by Gasteiger charge is 2.22. The molecule has 0 saturated heterocycles. The minimum absolute atomic E-state index is 0.0304. The quantitative estimate of drug-likeness (QED) is 0.747. The second kappa shape index (κ2) is 9.58. The van der Waals surface area contributed by atoms with E-state index < -0.39 is 0 Å². The van der Waals surface area contributed by atoms with Gasteiger partial charge in [-0.05, 0) is 62.8 Å². The number of ether oxygens (including phenoxy) is 1. The zero-order chi connectivity index (χ0) is 20.8. The number of anilines is 2. The van der Waals surface area contributed by atoms with E-state index in [1.54, 1.807) is 31.4 Å². The number of carbonyl (C=O) groups is 1. The van der Waals surface area contributed by atoms with Crippen LogP contribution in [-0.2, 0) is 0 Å². The van der Waals surface area contributed by atoms with E-state index in [1.165, 1.54) is 0 Å². The van der Waals surface area contributed by atoms with Gasteiger partial charge in [0.2, 0.25) is 5.95 Å². The van der Waals surface area contributed by atoms with Crippen LogP contribution in [0.5, 0.6) is 5.75 Å². The van der Waals surface area contributed by atoms with Crippen molar-refractivity contribution < 1.29 is 9.53 Å². The first-order chi connectivity index (χ1) is 14.0. The third-order valence-electron chi connectivity index (χ3n) is 5.45. The molecule has 1 aliphatic rings. The van der Waals surface area contributed by atoms with Crippen LogP contribution in [0, 0.1) is 12.8 Å². The molecule has 156 valence electrons. The van der Waals surface area contributed by atoms with Gasteiger partial charge in [0, 0.05) is 44.0 Å². The van der Waals surface area contributed by atoms with E-state index in [1.807, 2.05) is 32.1 Å². The first kappa shape index (κ1) is 20.9. The van der Waals surface area contributed by atoms with Crippen LogP contribution in [0.3, 0.4) is 0 Å². The predicted octanol–water partition coefficient (Wildman–Crippen LogP) is 3.26. The number of aromatic nitrogens is 2. The summed E-state index contributed by atoms with van der Waals surface area (Å²) >= 11 is 0. The van der Waals surface area contributed by atoms with Gasteiger partial charge in [-0.3, -0.25) is 4.79 Å². The highest BCUT2D eigenvalue weighted by molar-refractivity contribution is 5.94. The molecule has 2 N–H and O–H groups in total. The Morgan fingerprint density at radius 2 is 1.86 bits per heavy atom. The smallest absolute Gasteiger partial charge is 0.251 e. The molecule has 0 unspecified atom stereocenters. The summed E-state index contributed by atoms with van der Waals surface area (Å²) in [6.45, 7) is 2.73. The topological polar surface area (TPSA) is 79.4 Å². The lowest BCUT2D eigenvalue weighted by Crippen LogP contribution is -2.34. The Hall–Kier alpha value is -2.83. The van der Waals surface area contributed by atoms with Crippen LogP contribution in [0.15, 0.2) is 30.5 Å². The highest BCUT2D eigenvalue weighted by Crippen LogP contribution is 2.26. The van der Waals surface area contributed by atoms with Crippen molar-refractivity contribution in [3.8, 4) is 5.75 Å². The van der Waals surface area contributed by atoms with E-state index in [0.717, 1.165) is 42.8 Å². The summed E-state index contributed by atoms with van der Waals surface area (Å²) in [7, 11) is 5.60. The second-order valence-corrected chi connectivity index (χ2v) is 7.90. The Balaban J connectivity index is 1.44. The molecule has 1 saturated carbocycles. The molecule has 0 bridgehead atoms. The molecule has 29 heavy (non-hydrogen) atoms. The van der Waals surface area contributed by atoms with Gasteiger partial charge < -0.3 is 20.3 Å². The van der Waals surface area contributed by atoms with Crippen molar-refractivity contribution in [1.82, 2.24) is 15.3 Å². The lowest BCUT2D eigenvalue weighted by Gasteiger charge is -2.29. The van der Waals surface area contributed by atoms with E-state index in [4.69, 9.17) is 4.74 Å². The summed E-state index contributed by atoms with van der Waals surface area (Å²) in [4.78, 5) is 23.4. The van der Waals surface area contributed by atoms with Crippen molar-refractivity contribution in [2.24, 2.45) is 5.92 Å². The average molecular weight is 398 g/mol. The third kappa shape index (κ3) is 5.59. The molecule has 1 fully saturated rings. The maximum Gasteiger partial charge on any atom is 0.251 e. The number of rotatable bonds is 7. The minimum atomic E-state index is -0.0304. The molecule has 7 nitrogen and oxygen atoms in total. The highest BCUT2D eigenvalue weighted by atomic mass is 16.5. The van der Waals surface area contributed by atoms with E-state index >= 15 is 0 Å². The second-order valence-electron chi connectivity index (χ2n) is 7.90. The maximum atomic E-state index is 12.3. The number of nitrogens with one attached hydrogen (secondary N) is 2. The average Bonchev–Trinajstić information content (AvgIpc) is 2.74. The molecule has 0 aliphatic heterocycles. The molecule has 7 heteroatoms. The largest absolute Gasteiger partial charge is 0.497 e.